The maximum Gasteiger partial charge on any atom is 0.408 e. The molecule has 1 aromatic rings. The minimum absolute atomic E-state index is 0.152. The van der Waals surface area contributed by atoms with E-state index in [9.17, 15) is 28.8 Å². The summed E-state index contributed by atoms with van der Waals surface area (Å²) in [4.78, 5) is 82.4. The van der Waals surface area contributed by atoms with Crippen LogP contribution in [0.2, 0.25) is 0 Å². The molecule has 0 aliphatic carbocycles. The van der Waals surface area contributed by atoms with E-state index in [2.05, 4.69) is 10.6 Å². The third-order valence-corrected chi connectivity index (χ3v) is 8.30. The third-order valence-electron chi connectivity index (χ3n) is 8.30. The minimum atomic E-state index is -1.41. The lowest BCUT2D eigenvalue weighted by Gasteiger charge is -2.41. The summed E-state index contributed by atoms with van der Waals surface area (Å²) < 4.78 is 15.5. The van der Waals surface area contributed by atoms with Crippen molar-refractivity contribution in [3.05, 3.63) is 35.9 Å². The van der Waals surface area contributed by atoms with Crippen LogP contribution in [0.5, 0.6) is 0 Å². The van der Waals surface area contributed by atoms with E-state index in [0.29, 0.717) is 32.2 Å². The highest BCUT2D eigenvalue weighted by atomic mass is 16.6. The van der Waals surface area contributed by atoms with Gasteiger partial charge >= 0.3 is 18.0 Å². The predicted octanol–water partition coefficient (Wildman–Crippen LogP) is 2.49. The minimum Gasteiger partial charge on any atom is -0.467 e. The van der Waals surface area contributed by atoms with Crippen LogP contribution in [0.3, 0.4) is 0 Å². The average molecular weight is 645 g/mol. The van der Waals surface area contributed by atoms with Gasteiger partial charge in [0, 0.05) is 26.4 Å². The summed E-state index contributed by atoms with van der Waals surface area (Å²) >= 11 is 0. The quantitative estimate of drug-likeness (QED) is 0.273. The van der Waals surface area contributed by atoms with Crippen molar-refractivity contribution in [3.63, 3.8) is 0 Å². The lowest BCUT2D eigenvalue weighted by atomic mass is 9.86. The highest BCUT2D eigenvalue weighted by molar-refractivity contribution is 5.98. The number of carbonyl (C=O) groups is 6. The molecule has 2 fully saturated rings. The van der Waals surface area contributed by atoms with Crippen molar-refractivity contribution in [2.24, 2.45) is 0 Å². The number of esters is 2. The molecule has 46 heavy (non-hydrogen) atoms. The zero-order valence-corrected chi connectivity index (χ0v) is 27.9. The Morgan fingerprint density at radius 2 is 1.70 bits per heavy atom. The number of hydrogen-bond donors (Lipinski definition) is 2. The van der Waals surface area contributed by atoms with Crippen molar-refractivity contribution < 1.29 is 43.0 Å². The monoisotopic (exact) mass is 644 g/mol. The lowest BCUT2D eigenvalue weighted by Crippen LogP contribution is -2.65. The number of rotatable bonds is 11. The number of ether oxygens (including phenoxy) is 3. The van der Waals surface area contributed by atoms with Crippen molar-refractivity contribution in [2.75, 3.05) is 20.2 Å². The van der Waals surface area contributed by atoms with Gasteiger partial charge in [-0.15, -0.1) is 0 Å². The van der Waals surface area contributed by atoms with Crippen molar-refractivity contribution in [3.8, 4) is 0 Å². The molecule has 1 aromatic carbocycles. The van der Waals surface area contributed by atoms with Gasteiger partial charge in [0.1, 0.15) is 29.3 Å². The Kier molecular flexibility index (Phi) is 12.2. The molecule has 2 heterocycles. The van der Waals surface area contributed by atoms with Crippen LogP contribution in [0, 0.1) is 0 Å². The fourth-order valence-corrected chi connectivity index (χ4v) is 6.19. The molecule has 254 valence electrons. The van der Waals surface area contributed by atoms with Gasteiger partial charge in [0.25, 0.3) is 0 Å². The fourth-order valence-electron chi connectivity index (χ4n) is 6.19. The van der Waals surface area contributed by atoms with E-state index in [-0.39, 0.29) is 25.3 Å². The van der Waals surface area contributed by atoms with Crippen LogP contribution in [-0.2, 0) is 44.6 Å². The molecule has 2 N–H and O–H groups in total. The maximum atomic E-state index is 14.4. The molecule has 2 saturated heterocycles. The highest BCUT2D eigenvalue weighted by Gasteiger charge is 2.53. The van der Waals surface area contributed by atoms with Gasteiger partial charge < -0.3 is 34.6 Å². The number of hydrogen-bond acceptors (Lipinski definition) is 9. The normalized spacial score (nSPS) is 21.5. The number of nitrogens with one attached hydrogen (secondary N) is 2. The van der Waals surface area contributed by atoms with Gasteiger partial charge in [-0.2, -0.15) is 0 Å². The maximum absolute atomic E-state index is 14.4. The largest absolute Gasteiger partial charge is 0.467 e. The fraction of sp³-hybridized carbons (Fsp3) is 0.636. The van der Waals surface area contributed by atoms with Crippen molar-refractivity contribution in [2.45, 2.75) is 115 Å². The van der Waals surface area contributed by atoms with Crippen molar-refractivity contribution in [1.82, 2.24) is 20.4 Å². The van der Waals surface area contributed by atoms with Crippen LogP contribution in [0.4, 0.5) is 4.79 Å². The molecule has 0 bridgehead atoms. The molecule has 0 spiro atoms. The lowest BCUT2D eigenvalue weighted by molar-refractivity contribution is -0.159. The third kappa shape index (κ3) is 8.76. The summed E-state index contributed by atoms with van der Waals surface area (Å²) in [7, 11) is 1.17. The number of amides is 4. The Bertz CT molecular complexity index is 1280. The molecule has 2 aliphatic heterocycles. The molecule has 5 atom stereocenters. The Morgan fingerprint density at radius 1 is 1.02 bits per heavy atom. The number of nitrogens with zero attached hydrogens (tertiary/aromatic N) is 2. The number of carbonyl (C=O) groups excluding carboxylic acids is 6. The Hall–Kier alpha value is -4.16. The summed E-state index contributed by atoms with van der Waals surface area (Å²) in [6, 6.07) is 6.16. The standard InChI is InChI=1S/C33H48N4O9/c1-8-24(34-31(43)46-32(4,5)6)27(39)36-18-12-16-25(36)28(40)37-19-13-17-33(37,20-23-14-10-9-11-15-23)30(42)35-26(29(41)44-7)21(2)45-22(3)38/h9-11,14-15,21,24-26H,8,12-13,16-20H2,1-7H3,(H,34,43)(H,35,42)/t21-,24+,25+,26+,33?/m1/s1. The molecule has 13 heteroatoms. The van der Waals surface area contributed by atoms with Gasteiger partial charge in [0.15, 0.2) is 6.04 Å². The highest BCUT2D eigenvalue weighted by Crippen LogP contribution is 2.36. The first-order valence-corrected chi connectivity index (χ1v) is 15.8. The van der Waals surface area contributed by atoms with Crippen LogP contribution in [0.15, 0.2) is 30.3 Å². The summed E-state index contributed by atoms with van der Waals surface area (Å²) in [6.45, 7) is 10.2. The van der Waals surface area contributed by atoms with E-state index in [1.54, 1.807) is 27.7 Å². The second-order valence-corrected chi connectivity index (χ2v) is 12.9. The van der Waals surface area contributed by atoms with Crippen LogP contribution in [0.25, 0.3) is 0 Å². The molecule has 0 radical (unpaired) electrons. The zero-order valence-electron chi connectivity index (χ0n) is 27.9. The second kappa shape index (κ2) is 15.4. The molecule has 0 saturated carbocycles. The number of benzene rings is 1. The Balaban J connectivity index is 1.94. The topological polar surface area (TPSA) is 161 Å². The smallest absolute Gasteiger partial charge is 0.408 e. The molecular formula is C33H48N4O9. The second-order valence-electron chi connectivity index (χ2n) is 12.9. The van der Waals surface area contributed by atoms with Crippen molar-refractivity contribution >= 4 is 35.8 Å². The summed E-state index contributed by atoms with van der Waals surface area (Å²) in [6.07, 6.45) is 0.438. The average Bonchev–Trinajstić information content (AvgIpc) is 3.65. The van der Waals surface area contributed by atoms with E-state index < -0.39 is 65.2 Å². The van der Waals surface area contributed by atoms with Gasteiger partial charge in [0.05, 0.1) is 7.11 Å². The van der Waals surface area contributed by atoms with E-state index in [1.807, 2.05) is 30.3 Å². The summed E-state index contributed by atoms with van der Waals surface area (Å²) in [5.74, 6) is -2.81. The number of likely N-dealkylation sites (tertiary alicyclic amines) is 2. The zero-order chi connectivity index (χ0) is 34.2. The molecule has 0 aromatic heterocycles. The van der Waals surface area contributed by atoms with Gasteiger partial charge in [0.2, 0.25) is 17.7 Å². The van der Waals surface area contributed by atoms with Crippen LogP contribution in [-0.4, -0.2) is 101 Å². The molecule has 13 nitrogen and oxygen atoms in total. The predicted molar refractivity (Wildman–Crippen MR) is 167 cm³/mol. The van der Waals surface area contributed by atoms with E-state index in [1.165, 1.54) is 30.8 Å². The number of alkyl carbamates (subject to hydrolysis) is 1. The molecule has 4 amide bonds. The first kappa shape index (κ1) is 36.3. The number of methoxy groups -OCH3 is 1. The summed E-state index contributed by atoms with van der Waals surface area (Å²) in [5, 5.41) is 5.36. The van der Waals surface area contributed by atoms with Crippen LogP contribution in [0.1, 0.15) is 79.2 Å². The van der Waals surface area contributed by atoms with Gasteiger partial charge in [-0.1, -0.05) is 37.3 Å². The molecular weight excluding hydrogens is 596 g/mol. The van der Waals surface area contributed by atoms with Gasteiger partial charge in [-0.25, -0.2) is 9.59 Å². The Labute approximate surface area is 270 Å². The Morgan fingerprint density at radius 3 is 2.28 bits per heavy atom. The molecule has 3 rings (SSSR count). The van der Waals surface area contributed by atoms with Crippen LogP contribution < -0.4 is 10.6 Å². The van der Waals surface area contributed by atoms with E-state index in [0.717, 1.165) is 5.56 Å². The van der Waals surface area contributed by atoms with Gasteiger partial charge in [-0.3, -0.25) is 19.2 Å². The summed E-state index contributed by atoms with van der Waals surface area (Å²) in [5.41, 5.74) is -1.36. The van der Waals surface area contributed by atoms with E-state index in [4.69, 9.17) is 14.2 Å². The first-order valence-electron chi connectivity index (χ1n) is 15.8. The first-order chi connectivity index (χ1) is 21.6. The molecule has 2 aliphatic rings. The molecule has 1 unspecified atom stereocenters. The van der Waals surface area contributed by atoms with Crippen molar-refractivity contribution in [1.29, 1.82) is 0 Å². The van der Waals surface area contributed by atoms with E-state index >= 15 is 0 Å². The van der Waals surface area contributed by atoms with Gasteiger partial charge in [-0.05, 0) is 65.4 Å². The SMILES string of the molecule is CC[C@H](NC(=O)OC(C)(C)C)C(=O)N1CCC[C@H]1C(=O)N1CCCC1(Cc1ccccc1)C(=O)N[C@H](C(=O)OC)[C@@H](C)OC(C)=O. The van der Waals surface area contributed by atoms with Crippen LogP contribution >= 0.6 is 0 Å².